The minimum Gasteiger partial charge on any atom is -0.343 e. The average molecular weight is 280 g/mol. The van der Waals surface area contributed by atoms with Crippen molar-refractivity contribution in [2.75, 3.05) is 19.6 Å². The maximum atomic E-state index is 11.5. The minimum absolute atomic E-state index is 0.357. The van der Waals surface area contributed by atoms with Crippen LogP contribution >= 0.6 is 0 Å². The third-order valence-electron chi connectivity index (χ3n) is 5.16. The number of hydrogen-bond acceptors (Lipinski definition) is 2. The molecule has 2 aliphatic rings. The van der Waals surface area contributed by atoms with Gasteiger partial charge in [0.1, 0.15) is 0 Å². The number of hydrogen-bond donors (Lipinski definition) is 1. The van der Waals surface area contributed by atoms with Crippen LogP contribution in [-0.4, -0.2) is 36.5 Å². The lowest BCUT2D eigenvalue weighted by atomic mass is 9.71. The zero-order chi connectivity index (χ0) is 14.6. The van der Waals surface area contributed by atoms with E-state index in [0.29, 0.717) is 17.4 Å². The molecule has 1 saturated carbocycles. The summed E-state index contributed by atoms with van der Waals surface area (Å²) in [5.41, 5.74) is 0.473. The molecule has 0 radical (unpaired) electrons. The highest BCUT2D eigenvalue weighted by Gasteiger charge is 2.29. The van der Waals surface area contributed by atoms with Crippen LogP contribution < -0.4 is 5.32 Å². The maximum Gasteiger partial charge on any atom is 0.222 e. The van der Waals surface area contributed by atoms with E-state index in [2.05, 4.69) is 26.1 Å². The molecule has 0 bridgehead atoms. The number of likely N-dealkylation sites (tertiary alicyclic amines) is 1. The molecule has 1 saturated heterocycles. The predicted octanol–water partition coefficient (Wildman–Crippen LogP) is 3.19. The minimum atomic E-state index is 0.357. The summed E-state index contributed by atoms with van der Waals surface area (Å²) >= 11 is 0. The Morgan fingerprint density at radius 1 is 1.20 bits per heavy atom. The fourth-order valence-electron chi connectivity index (χ4n) is 3.68. The van der Waals surface area contributed by atoms with E-state index in [-0.39, 0.29) is 0 Å². The van der Waals surface area contributed by atoms with Crippen LogP contribution in [0.25, 0.3) is 0 Å². The van der Waals surface area contributed by atoms with Crippen LogP contribution in [0.5, 0.6) is 0 Å². The monoisotopic (exact) mass is 280 g/mol. The third kappa shape index (κ3) is 4.47. The van der Waals surface area contributed by atoms with Gasteiger partial charge in [0.05, 0.1) is 0 Å². The first kappa shape index (κ1) is 15.8. The number of carbonyl (C=O) groups is 1. The quantitative estimate of drug-likeness (QED) is 0.784. The van der Waals surface area contributed by atoms with Gasteiger partial charge in [0, 0.05) is 25.6 Å². The summed E-state index contributed by atoms with van der Waals surface area (Å²) in [5.74, 6) is 1.25. The smallest absolute Gasteiger partial charge is 0.222 e. The Labute approximate surface area is 124 Å². The molecule has 3 nitrogen and oxygen atoms in total. The van der Waals surface area contributed by atoms with Crippen molar-refractivity contribution in [3.05, 3.63) is 0 Å². The summed E-state index contributed by atoms with van der Waals surface area (Å²) in [7, 11) is 0. The summed E-state index contributed by atoms with van der Waals surface area (Å²) in [6.07, 6.45) is 8.31. The van der Waals surface area contributed by atoms with E-state index in [1.165, 1.54) is 25.7 Å². The highest BCUT2D eigenvalue weighted by atomic mass is 16.2. The van der Waals surface area contributed by atoms with Gasteiger partial charge in [-0.1, -0.05) is 20.8 Å². The van der Waals surface area contributed by atoms with Crippen LogP contribution in [0.2, 0.25) is 0 Å². The van der Waals surface area contributed by atoms with Crippen molar-refractivity contribution in [1.82, 2.24) is 10.2 Å². The molecule has 1 heterocycles. The number of nitrogens with zero attached hydrogens (tertiary/aromatic N) is 1. The Bertz CT molecular complexity index is 313. The second-order valence-corrected chi connectivity index (χ2v) is 7.71. The highest BCUT2D eigenvalue weighted by molar-refractivity contribution is 5.77. The van der Waals surface area contributed by atoms with Gasteiger partial charge in [0.15, 0.2) is 0 Å². The molecule has 20 heavy (non-hydrogen) atoms. The first-order valence-electron chi connectivity index (χ1n) is 8.48. The van der Waals surface area contributed by atoms with Crippen molar-refractivity contribution in [1.29, 1.82) is 0 Å². The van der Waals surface area contributed by atoms with Crippen molar-refractivity contribution >= 4 is 5.91 Å². The second-order valence-electron chi connectivity index (χ2n) is 7.71. The van der Waals surface area contributed by atoms with E-state index in [0.717, 1.165) is 44.8 Å². The Kier molecular flexibility index (Phi) is 5.48. The third-order valence-corrected chi connectivity index (χ3v) is 5.16. The van der Waals surface area contributed by atoms with E-state index in [1.807, 2.05) is 4.90 Å². The predicted molar refractivity (Wildman–Crippen MR) is 83.6 cm³/mol. The summed E-state index contributed by atoms with van der Waals surface area (Å²) in [5, 5.41) is 3.69. The topological polar surface area (TPSA) is 32.3 Å². The molecule has 2 rings (SSSR count). The lowest BCUT2D eigenvalue weighted by Gasteiger charge is -2.37. The van der Waals surface area contributed by atoms with Gasteiger partial charge in [0.2, 0.25) is 5.91 Å². The molecular weight excluding hydrogens is 248 g/mol. The average Bonchev–Trinajstić information content (AvgIpc) is 2.80. The molecule has 0 aromatic heterocycles. The van der Waals surface area contributed by atoms with Gasteiger partial charge < -0.3 is 10.2 Å². The maximum absolute atomic E-state index is 11.5. The normalized spacial score (nSPS) is 28.1. The molecular formula is C17H32N2O. The SMILES string of the molecule is CC(C)(C)C1CCC(NCCCN2CCCC2=O)CC1. The highest BCUT2D eigenvalue weighted by Crippen LogP contribution is 2.37. The zero-order valence-electron chi connectivity index (χ0n) is 13.6. The lowest BCUT2D eigenvalue weighted by Crippen LogP contribution is -2.37. The first-order valence-corrected chi connectivity index (χ1v) is 8.48. The fourth-order valence-corrected chi connectivity index (χ4v) is 3.68. The Hall–Kier alpha value is -0.570. The van der Waals surface area contributed by atoms with Gasteiger partial charge in [-0.2, -0.15) is 0 Å². The fraction of sp³-hybridized carbons (Fsp3) is 0.941. The van der Waals surface area contributed by atoms with Crippen LogP contribution in [0.1, 0.15) is 65.7 Å². The largest absolute Gasteiger partial charge is 0.343 e. The number of nitrogens with one attached hydrogen (secondary N) is 1. The molecule has 0 aromatic carbocycles. The van der Waals surface area contributed by atoms with E-state index in [9.17, 15) is 4.79 Å². The summed E-state index contributed by atoms with van der Waals surface area (Å²) in [6, 6.07) is 0.711. The van der Waals surface area contributed by atoms with Gasteiger partial charge in [0.25, 0.3) is 0 Å². The molecule has 1 aliphatic heterocycles. The van der Waals surface area contributed by atoms with E-state index in [1.54, 1.807) is 0 Å². The molecule has 1 N–H and O–H groups in total. The zero-order valence-corrected chi connectivity index (χ0v) is 13.6. The van der Waals surface area contributed by atoms with Gasteiger partial charge in [-0.15, -0.1) is 0 Å². The molecule has 0 unspecified atom stereocenters. The number of amides is 1. The molecule has 0 aromatic rings. The van der Waals surface area contributed by atoms with Gasteiger partial charge in [-0.05, 0) is 56.4 Å². The number of rotatable bonds is 5. The molecule has 0 spiro atoms. The van der Waals surface area contributed by atoms with Crippen LogP contribution in [-0.2, 0) is 4.79 Å². The molecule has 116 valence electrons. The summed E-state index contributed by atoms with van der Waals surface area (Å²) in [6.45, 7) is 10.1. The molecule has 3 heteroatoms. The standard InChI is InChI=1S/C17H32N2O/c1-17(2,3)14-7-9-15(10-8-14)18-11-5-13-19-12-4-6-16(19)20/h14-15,18H,4-13H2,1-3H3. The Morgan fingerprint density at radius 3 is 2.45 bits per heavy atom. The van der Waals surface area contributed by atoms with Crippen LogP contribution in [0.3, 0.4) is 0 Å². The summed E-state index contributed by atoms with van der Waals surface area (Å²) in [4.78, 5) is 13.5. The molecule has 1 amide bonds. The van der Waals surface area contributed by atoms with E-state index in [4.69, 9.17) is 0 Å². The van der Waals surface area contributed by atoms with Crippen molar-refractivity contribution in [3.8, 4) is 0 Å². The van der Waals surface area contributed by atoms with Gasteiger partial charge in [-0.3, -0.25) is 4.79 Å². The second kappa shape index (κ2) is 6.93. The van der Waals surface area contributed by atoms with Crippen molar-refractivity contribution in [3.63, 3.8) is 0 Å². The van der Waals surface area contributed by atoms with Gasteiger partial charge in [-0.25, -0.2) is 0 Å². The first-order chi connectivity index (χ1) is 9.47. The van der Waals surface area contributed by atoms with Crippen LogP contribution in [0.15, 0.2) is 0 Å². The lowest BCUT2D eigenvalue weighted by molar-refractivity contribution is -0.127. The Balaban J connectivity index is 1.56. The van der Waals surface area contributed by atoms with Crippen molar-refractivity contribution in [2.45, 2.75) is 71.8 Å². The van der Waals surface area contributed by atoms with Crippen molar-refractivity contribution < 1.29 is 4.79 Å². The molecule has 1 aliphatic carbocycles. The molecule has 2 fully saturated rings. The van der Waals surface area contributed by atoms with Crippen molar-refractivity contribution in [2.24, 2.45) is 11.3 Å². The van der Waals surface area contributed by atoms with Gasteiger partial charge >= 0.3 is 0 Å². The Morgan fingerprint density at radius 2 is 1.90 bits per heavy atom. The van der Waals surface area contributed by atoms with E-state index < -0.39 is 0 Å². The van der Waals surface area contributed by atoms with Crippen LogP contribution in [0, 0.1) is 11.3 Å². The van der Waals surface area contributed by atoms with Crippen LogP contribution in [0.4, 0.5) is 0 Å². The summed E-state index contributed by atoms with van der Waals surface area (Å²) < 4.78 is 0. The van der Waals surface area contributed by atoms with E-state index >= 15 is 0 Å². The number of carbonyl (C=O) groups excluding carboxylic acids is 1. The molecule has 0 atom stereocenters.